The molecule has 0 amide bonds. The second-order valence-corrected chi connectivity index (χ2v) is 5.16. The molecule has 0 bridgehead atoms. The van der Waals surface area contributed by atoms with E-state index in [0.717, 1.165) is 16.7 Å². The molecule has 2 aromatic carbocycles. The van der Waals surface area contributed by atoms with Gasteiger partial charge in [0, 0.05) is 6.42 Å². The molecule has 0 unspecified atom stereocenters. The highest BCUT2D eigenvalue weighted by Gasteiger charge is 2.14. The summed E-state index contributed by atoms with van der Waals surface area (Å²) >= 11 is 0. The van der Waals surface area contributed by atoms with Crippen molar-refractivity contribution in [2.24, 2.45) is 0 Å². The zero-order chi connectivity index (χ0) is 15.4. The fourth-order valence-corrected chi connectivity index (χ4v) is 2.48. The van der Waals surface area contributed by atoms with Gasteiger partial charge in [-0.2, -0.15) is 0 Å². The number of carbonyl (C=O) groups is 1. The molecular weight excluding hydrogens is 264 g/mol. The van der Waals surface area contributed by atoms with Crippen molar-refractivity contribution >= 4 is 5.78 Å². The number of carbonyl (C=O) groups excluding carboxylic acids is 1. The van der Waals surface area contributed by atoms with Gasteiger partial charge < -0.3 is 9.47 Å². The first-order valence-electron chi connectivity index (χ1n) is 6.86. The third kappa shape index (κ3) is 3.63. The Bertz CT molecular complexity index is 639. The number of ether oxygens (including phenoxy) is 2. The second-order valence-electron chi connectivity index (χ2n) is 5.16. The van der Waals surface area contributed by atoms with Crippen molar-refractivity contribution in [2.75, 3.05) is 14.2 Å². The van der Waals surface area contributed by atoms with Gasteiger partial charge in [0.2, 0.25) is 0 Å². The Morgan fingerprint density at radius 1 is 0.952 bits per heavy atom. The zero-order valence-corrected chi connectivity index (χ0v) is 12.9. The van der Waals surface area contributed by atoms with Gasteiger partial charge in [0.1, 0.15) is 11.5 Å². The highest BCUT2D eigenvalue weighted by molar-refractivity contribution is 6.00. The van der Waals surface area contributed by atoms with Crippen molar-refractivity contribution in [3.63, 3.8) is 0 Å². The molecule has 0 radical (unpaired) electrons. The van der Waals surface area contributed by atoms with Crippen molar-refractivity contribution in [1.29, 1.82) is 0 Å². The molecule has 3 nitrogen and oxygen atoms in total. The average Bonchev–Trinajstić information content (AvgIpc) is 2.45. The van der Waals surface area contributed by atoms with Crippen molar-refractivity contribution in [2.45, 2.75) is 20.3 Å². The van der Waals surface area contributed by atoms with Crippen molar-refractivity contribution < 1.29 is 14.3 Å². The van der Waals surface area contributed by atoms with E-state index in [-0.39, 0.29) is 5.78 Å². The van der Waals surface area contributed by atoms with Crippen LogP contribution < -0.4 is 9.47 Å². The molecule has 0 N–H and O–H groups in total. The van der Waals surface area contributed by atoms with E-state index in [1.54, 1.807) is 32.4 Å². The SMILES string of the molecule is COc1ccc(OC)c(C(=O)Cc2cc(C)cc(C)c2)c1. The third-order valence-electron chi connectivity index (χ3n) is 3.35. The topological polar surface area (TPSA) is 35.5 Å². The lowest BCUT2D eigenvalue weighted by molar-refractivity contribution is 0.0989. The summed E-state index contributed by atoms with van der Waals surface area (Å²) in [4.78, 5) is 12.5. The minimum absolute atomic E-state index is 0.0238. The molecule has 0 saturated heterocycles. The molecule has 0 spiro atoms. The standard InChI is InChI=1S/C18H20O3/c1-12-7-13(2)9-14(8-12)10-17(19)16-11-15(20-3)5-6-18(16)21-4/h5-9,11H,10H2,1-4H3. The minimum atomic E-state index is 0.0238. The monoisotopic (exact) mass is 284 g/mol. The molecule has 0 saturated carbocycles. The summed E-state index contributed by atoms with van der Waals surface area (Å²) in [6.45, 7) is 4.07. The maximum Gasteiger partial charge on any atom is 0.171 e. The van der Waals surface area contributed by atoms with Gasteiger partial charge in [-0.25, -0.2) is 0 Å². The molecule has 0 heterocycles. The lowest BCUT2D eigenvalue weighted by Gasteiger charge is -2.10. The highest BCUT2D eigenvalue weighted by Crippen LogP contribution is 2.25. The lowest BCUT2D eigenvalue weighted by atomic mass is 9.99. The van der Waals surface area contributed by atoms with Crippen LogP contribution in [0.25, 0.3) is 0 Å². The zero-order valence-electron chi connectivity index (χ0n) is 12.9. The maximum absolute atomic E-state index is 12.5. The van der Waals surface area contributed by atoms with E-state index >= 15 is 0 Å². The smallest absolute Gasteiger partial charge is 0.171 e. The summed E-state index contributed by atoms with van der Waals surface area (Å²) in [5.41, 5.74) is 3.89. The number of benzene rings is 2. The minimum Gasteiger partial charge on any atom is -0.497 e. The van der Waals surface area contributed by atoms with Crippen LogP contribution in [-0.4, -0.2) is 20.0 Å². The molecule has 2 aromatic rings. The van der Waals surface area contributed by atoms with E-state index < -0.39 is 0 Å². The van der Waals surface area contributed by atoms with E-state index in [4.69, 9.17) is 9.47 Å². The Labute approximate surface area is 125 Å². The van der Waals surface area contributed by atoms with Crippen LogP contribution in [0, 0.1) is 13.8 Å². The second kappa shape index (κ2) is 6.44. The van der Waals surface area contributed by atoms with E-state index in [1.807, 2.05) is 26.0 Å². The van der Waals surface area contributed by atoms with Crippen LogP contribution in [0.2, 0.25) is 0 Å². The highest BCUT2D eigenvalue weighted by atomic mass is 16.5. The fourth-order valence-electron chi connectivity index (χ4n) is 2.48. The predicted octanol–water partition coefficient (Wildman–Crippen LogP) is 3.75. The molecule has 3 heteroatoms. The summed E-state index contributed by atoms with van der Waals surface area (Å²) in [7, 11) is 3.15. The van der Waals surface area contributed by atoms with Gasteiger partial charge >= 0.3 is 0 Å². The van der Waals surface area contributed by atoms with Gasteiger partial charge in [-0.05, 0) is 37.6 Å². The molecule has 0 atom stereocenters. The Kier molecular flexibility index (Phi) is 4.63. The maximum atomic E-state index is 12.5. The van der Waals surface area contributed by atoms with Gasteiger partial charge in [-0.15, -0.1) is 0 Å². The molecular formula is C18H20O3. The van der Waals surface area contributed by atoms with Crippen LogP contribution in [0.15, 0.2) is 36.4 Å². The van der Waals surface area contributed by atoms with Crippen LogP contribution in [0.5, 0.6) is 11.5 Å². The van der Waals surface area contributed by atoms with Gasteiger partial charge in [-0.3, -0.25) is 4.79 Å². The number of ketones is 1. The fraction of sp³-hybridized carbons (Fsp3) is 0.278. The van der Waals surface area contributed by atoms with Crippen molar-refractivity contribution in [3.8, 4) is 11.5 Å². The molecule has 0 aliphatic rings. The molecule has 0 aliphatic heterocycles. The average molecular weight is 284 g/mol. The Morgan fingerprint density at radius 2 is 1.62 bits per heavy atom. The molecule has 0 aromatic heterocycles. The normalized spacial score (nSPS) is 10.3. The van der Waals surface area contributed by atoms with Gasteiger partial charge in [0.25, 0.3) is 0 Å². The summed E-state index contributed by atoms with van der Waals surface area (Å²) in [5.74, 6) is 1.25. The van der Waals surface area contributed by atoms with Crippen molar-refractivity contribution in [1.82, 2.24) is 0 Å². The number of methoxy groups -OCH3 is 2. The number of rotatable bonds is 5. The predicted molar refractivity (Wildman–Crippen MR) is 83.5 cm³/mol. The van der Waals surface area contributed by atoms with E-state index in [2.05, 4.69) is 6.07 Å². The molecule has 0 aliphatic carbocycles. The van der Waals surface area contributed by atoms with Crippen LogP contribution in [0.4, 0.5) is 0 Å². The van der Waals surface area contributed by atoms with Gasteiger partial charge in [0.15, 0.2) is 5.78 Å². The molecule has 0 fully saturated rings. The molecule has 2 rings (SSSR count). The number of aryl methyl sites for hydroxylation is 2. The first kappa shape index (κ1) is 15.1. The summed E-state index contributed by atoms with van der Waals surface area (Å²) in [6, 6.07) is 11.4. The van der Waals surface area contributed by atoms with Crippen LogP contribution in [-0.2, 0) is 6.42 Å². The third-order valence-corrected chi connectivity index (χ3v) is 3.35. The molecule has 110 valence electrons. The van der Waals surface area contributed by atoms with Gasteiger partial charge in [-0.1, -0.05) is 29.3 Å². The van der Waals surface area contributed by atoms with Gasteiger partial charge in [0.05, 0.1) is 19.8 Å². The van der Waals surface area contributed by atoms with Crippen molar-refractivity contribution in [3.05, 3.63) is 58.7 Å². The Balaban J connectivity index is 2.31. The number of hydrogen-bond donors (Lipinski definition) is 0. The lowest BCUT2D eigenvalue weighted by Crippen LogP contribution is -2.06. The summed E-state index contributed by atoms with van der Waals surface area (Å²) in [6.07, 6.45) is 0.353. The largest absolute Gasteiger partial charge is 0.497 e. The number of Topliss-reactive ketones (excluding diaryl/α,β-unsaturated/α-hetero) is 1. The Hall–Kier alpha value is -2.29. The van der Waals surface area contributed by atoms with E-state index in [9.17, 15) is 4.79 Å². The van der Waals surface area contributed by atoms with E-state index in [0.29, 0.717) is 23.5 Å². The van der Waals surface area contributed by atoms with Crippen LogP contribution >= 0.6 is 0 Å². The first-order chi connectivity index (χ1) is 10.0. The molecule has 21 heavy (non-hydrogen) atoms. The van der Waals surface area contributed by atoms with Crippen LogP contribution in [0.3, 0.4) is 0 Å². The number of hydrogen-bond acceptors (Lipinski definition) is 3. The Morgan fingerprint density at radius 3 is 2.19 bits per heavy atom. The first-order valence-corrected chi connectivity index (χ1v) is 6.86. The van der Waals surface area contributed by atoms with E-state index in [1.165, 1.54) is 0 Å². The summed E-state index contributed by atoms with van der Waals surface area (Å²) < 4.78 is 10.5. The summed E-state index contributed by atoms with van der Waals surface area (Å²) in [5, 5.41) is 0. The van der Waals surface area contributed by atoms with Crippen LogP contribution in [0.1, 0.15) is 27.0 Å². The quantitative estimate of drug-likeness (QED) is 0.784.